The van der Waals surface area contributed by atoms with Crippen LogP contribution < -0.4 is 29.6 Å². The maximum atomic E-state index is 11.8. The van der Waals surface area contributed by atoms with Crippen molar-refractivity contribution in [2.24, 2.45) is 5.41 Å². The summed E-state index contributed by atoms with van der Waals surface area (Å²) in [6.07, 6.45) is 0. The van der Waals surface area contributed by atoms with Gasteiger partial charge in [0.05, 0.1) is 0 Å². The van der Waals surface area contributed by atoms with Crippen LogP contribution in [0.2, 0.25) is 0 Å². The number of hydrogen-bond donors (Lipinski definition) is 0. The van der Waals surface area contributed by atoms with Crippen LogP contribution in [0.1, 0.15) is 31.1 Å². The Morgan fingerprint density at radius 2 is 1.62 bits per heavy atom. The largest absolute Gasteiger partial charge is 1.00 e. The van der Waals surface area contributed by atoms with Gasteiger partial charge in [-0.1, -0.05) is 32.9 Å². The molecule has 0 heterocycles. The number of carbonyl (C=O) groups excluding carboxylic acids is 1. The molecule has 0 saturated carbocycles. The summed E-state index contributed by atoms with van der Waals surface area (Å²) in [5.41, 5.74) is 0.0923. The first-order chi connectivity index (χ1) is 6.82. The Morgan fingerprint density at radius 3 is 1.94 bits per heavy atom. The molecule has 0 saturated heterocycles. The molecule has 5 heteroatoms. The molecule has 82 valence electrons. The molecule has 1 unspecified atom stereocenters. The normalized spacial score (nSPS) is 12.8. The zero-order chi connectivity index (χ0) is 11.6. The van der Waals surface area contributed by atoms with Crippen molar-refractivity contribution < 1.29 is 43.1 Å². The quantitative estimate of drug-likeness (QED) is 0.389. The molecule has 0 fully saturated rings. The van der Waals surface area contributed by atoms with Crippen LogP contribution in [0, 0.1) is 5.41 Å². The van der Waals surface area contributed by atoms with Gasteiger partial charge in [-0.3, -0.25) is 9.00 Å². The van der Waals surface area contributed by atoms with Crippen LogP contribution in [-0.2, 0) is 11.1 Å². The van der Waals surface area contributed by atoms with E-state index >= 15 is 0 Å². The van der Waals surface area contributed by atoms with Crippen LogP contribution in [0.25, 0.3) is 0 Å². The number of rotatable bonds is 2. The fourth-order valence-electron chi connectivity index (χ4n) is 1.15. The number of Topliss-reactive ketones (excluding diaryl/α,β-unsaturated/α-hetero) is 1. The van der Waals surface area contributed by atoms with Crippen molar-refractivity contribution in [3.63, 3.8) is 0 Å². The fourth-order valence-corrected chi connectivity index (χ4v) is 1.51. The zero-order valence-corrected chi connectivity index (χ0v) is 12.8. The Bertz CT molecular complexity index is 393. The third kappa shape index (κ3) is 4.11. The van der Waals surface area contributed by atoms with Gasteiger partial charge in [-0.05, 0) is 23.2 Å². The summed E-state index contributed by atoms with van der Waals surface area (Å²) in [7, 11) is 0. The van der Waals surface area contributed by atoms with E-state index in [1.807, 2.05) is 20.8 Å². The van der Waals surface area contributed by atoms with Crippen LogP contribution in [0.5, 0.6) is 0 Å². The molecule has 3 nitrogen and oxygen atoms in total. The maximum Gasteiger partial charge on any atom is 1.00 e. The molecule has 0 aliphatic heterocycles. The van der Waals surface area contributed by atoms with Gasteiger partial charge in [0.25, 0.3) is 0 Å². The molecule has 0 spiro atoms. The predicted molar refractivity (Wildman–Crippen MR) is 57.4 cm³/mol. The molecular formula is C11H13NaO3S. The Hall–Kier alpha value is -0.000000000000000222. The molecule has 1 aromatic carbocycles. The molecule has 0 amide bonds. The summed E-state index contributed by atoms with van der Waals surface area (Å²) in [4.78, 5) is 12.0. The monoisotopic (exact) mass is 248 g/mol. The summed E-state index contributed by atoms with van der Waals surface area (Å²) < 4.78 is 21.2. The molecule has 0 aliphatic rings. The van der Waals surface area contributed by atoms with Crippen LogP contribution in [0.3, 0.4) is 0 Å². The molecule has 1 aromatic rings. The SMILES string of the molecule is CC(C)(C)C(=O)c1ccc(S(=O)[O-])cc1.[Na+]. The molecule has 0 aromatic heterocycles. The van der Waals surface area contributed by atoms with E-state index in [0.717, 1.165) is 0 Å². The van der Waals surface area contributed by atoms with E-state index in [9.17, 15) is 13.6 Å². The van der Waals surface area contributed by atoms with Gasteiger partial charge in [0.2, 0.25) is 0 Å². The van der Waals surface area contributed by atoms with E-state index < -0.39 is 16.5 Å². The number of carbonyl (C=O) groups is 1. The van der Waals surface area contributed by atoms with Crippen molar-refractivity contribution in [3.8, 4) is 0 Å². The van der Waals surface area contributed by atoms with Crippen molar-refractivity contribution >= 4 is 16.9 Å². The average Bonchev–Trinajstić information content (AvgIpc) is 2.15. The fraction of sp³-hybridized carbons (Fsp3) is 0.364. The number of ketones is 1. The van der Waals surface area contributed by atoms with E-state index in [-0.39, 0.29) is 40.2 Å². The molecule has 16 heavy (non-hydrogen) atoms. The molecule has 1 rings (SSSR count). The molecule has 0 bridgehead atoms. The maximum absolute atomic E-state index is 11.8. The molecule has 1 atom stereocenters. The minimum absolute atomic E-state index is 0. The van der Waals surface area contributed by atoms with E-state index in [4.69, 9.17) is 0 Å². The average molecular weight is 248 g/mol. The second kappa shape index (κ2) is 6.07. The Balaban J connectivity index is 0.00000225. The zero-order valence-electron chi connectivity index (χ0n) is 9.94. The smallest absolute Gasteiger partial charge is 0.768 e. The summed E-state index contributed by atoms with van der Waals surface area (Å²) in [6.45, 7) is 5.49. The minimum atomic E-state index is -2.23. The first-order valence-corrected chi connectivity index (χ1v) is 5.64. The molecule has 0 aliphatic carbocycles. The summed E-state index contributed by atoms with van der Waals surface area (Å²) in [5, 5.41) is 0. The van der Waals surface area contributed by atoms with Crippen molar-refractivity contribution in [2.45, 2.75) is 25.7 Å². The van der Waals surface area contributed by atoms with E-state index in [1.165, 1.54) is 12.1 Å². The van der Waals surface area contributed by atoms with Gasteiger partial charge in [0.15, 0.2) is 5.78 Å². The minimum Gasteiger partial charge on any atom is -0.768 e. The van der Waals surface area contributed by atoms with Gasteiger partial charge in [0, 0.05) is 15.9 Å². The van der Waals surface area contributed by atoms with Crippen LogP contribution in [-0.4, -0.2) is 14.5 Å². The Labute approximate surface area is 120 Å². The first kappa shape index (κ1) is 16.0. The van der Waals surface area contributed by atoms with Crippen molar-refractivity contribution in [1.82, 2.24) is 0 Å². The Morgan fingerprint density at radius 1 is 1.19 bits per heavy atom. The number of benzene rings is 1. The molecule has 0 radical (unpaired) electrons. The van der Waals surface area contributed by atoms with E-state index in [1.54, 1.807) is 12.1 Å². The van der Waals surface area contributed by atoms with Gasteiger partial charge < -0.3 is 4.55 Å². The van der Waals surface area contributed by atoms with Gasteiger partial charge in [-0.25, -0.2) is 0 Å². The molecular weight excluding hydrogens is 235 g/mol. The molecule has 0 N–H and O–H groups in total. The van der Waals surface area contributed by atoms with E-state index in [0.29, 0.717) is 5.56 Å². The summed E-state index contributed by atoms with van der Waals surface area (Å²) in [6, 6.07) is 5.95. The third-order valence-corrected chi connectivity index (χ3v) is 2.65. The van der Waals surface area contributed by atoms with Crippen LogP contribution in [0.4, 0.5) is 0 Å². The van der Waals surface area contributed by atoms with Crippen LogP contribution in [0.15, 0.2) is 29.2 Å². The second-order valence-corrected chi connectivity index (χ2v) is 5.28. The Kier molecular flexibility index (Phi) is 6.07. The van der Waals surface area contributed by atoms with Crippen molar-refractivity contribution in [2.75, 3.05) is 0 Å². The first-order valence-electron chi connectivity index (χ1n) is 4.56. The second-order valence-electron chi connectivity index (χ2n) is 4.34. The number of hydrogen-bond acceptors (Lipinski definition) is 3. The van der Waals surface area contributed by atoms with Gasteiger partial charge >= 0.3 is 29.6 Å². The van der Waals surface area contributed by atoms with Crippen molar-refractivity contribution in [3.05, 3.63) is 29.8 Å². The standard InChI is InChI=1S/C11H14O3S.Na/c1-11(2,3)10(12)8-4-6-9(7-5-8)15(13)14;/h4-7H,1-3H3,(H,13,14);/q;+1/p-1. The van der Waals surface area contributed by atoms with Crippen LogP contribution >= 0.6 is 0 Å². The van der Waals surface area contributed by atoms with Gasteiger partial charge in [-0.15, -0.1) is 0 Å². The predicted octanol–water partition coefficient (Wildman–Crippen LogP) is -0.843. The van der Waals surface area contributed by atoms with Gasteiger partial charge in [0.1, 0.15) is 0 Å². The summed E-state index contributed by atoms with van der Waals surface area (Å²) >= 11 is -2.23. The van der Waals surface area contributed by atoms with Gasteiger partial charge in [-0.2, -0.15) is 0 Å². The summed E-state index contributed by atoms with van der Waals surface area (Å²) in [5.74, 6) is 0.00531. The third-order valence-electron chi connectivity index (χ3n) is 1.99. The van der Waals surface area contributed by atoms with Crippen molar-refractivity contribution in [1.29, 1.82) is 0 Å². The van der Waals surface area contributed by atoms with E-state index in [2.05, 4.69) is 0 Å². The topological polar surface area (TPSA) is 57.2 Å².